The van der Waals surface area contributed by atoms with Gasteiger partial charge in [0, 0.05) is 49.1 Å². The zero-order valence-electron chi connectivity index (χ0n) is 19.1. The van der Waals surface area contributed by atoms with E-state index in [4.69, 9.17) is 0 Å². The second-order valence-electron chi connectivity index (χ2n) is 8.52. The van der Waals surface area contributed by atoms with E-state index >= 15 is 0 Å². The lowest BCUT2D eigenvalue weighted by atomic mass is 10.1. The topological polar surface area (TPSA) is 127 Å². The van der Waals surface area contributed by atoms with Crippen molar-refractivity contribution in [3.63, 3.8) is 0 Å². The molecule has 10 nitrogen and oxygen atoms in total. The molecule has 178 valence electrons. The highest BCUT2D eigenvalue weighted by Crippen LogP contribution is 2.32. The smallest absolute Gasteiger partial charge is 0.323 e. The van der Waals surface area contributed by atoms with Gasteiger partial charge in [-0.1, -0.05) is 24.3 Å². The monoisotopic (exact) mass is 472 g/mol. The lowest BCUT2D eigenvalue weighted by molar-refractivity contribution is -0.385. The third kappa shape index (κ3) is 4.45. The van der Waals surface area contributed by atoms with Crippen LogP contribution in [0.15, 0.2) is 65.5 Å². The third-order valence-electron chi connectivity index (χ3n) is 6.29. The Morgan fingerprint density at radius 3 is 2.29 bits per heavy atom. The van der Waals surface area contributed by atoms with Gasteiger partial charge in [0.25, 0.3) is 11.6 Å². The van der Waals surface area contributed by atoms with Crippen molar-refractivity contribution in [1.29, 1.82) is 0 Å². The van der Waals surface area contributed by atoms with Gasteiger partial charge in [0.2, 0.25) is 0 Å². The molecule has 3 N–H and O–H groups in total. The van der Waals surface area contributed by atoms with Crippen molar-refractivity contribution in [2.24, 2.45) is 0 Å². The van der Waals surface area contributed by atoms with Crippen molar-refractivity contribution in [3.8, 4) is 0 Å². The van der Waals surface area contributed by atoms with Gasteiger partial charge in [-0.3, -0.25) is 14.9 Å². The van der Waals surface area contributed by atoms with Gasteiger partial charge in [-0.2, -0.15) is 0 Å². The fourth-order valence-corrected chi connectivity index (χ4v) is 4.42. The highest BCUT2D eigenvalue weighted by molar-refractivity contribution is 6.07. The molecule has 0 unspecified atom stereocenters. The molecule has 1 amide bonds. The Kier molecular flexibility index (Phi) is 5.69. The van der Waals surface area contributed by atoms with Crippen molar-refractivity contribution in [2.45, 2.75) is 6.92 Å². The number of hydrogen-bond acceptors (Lipinski definition) is 6. The molecule has 3 aromatic carbocycles. The number of nitrogens with one attached hydrogen (secondary N) is 3. The quantitative estimate of drug-likeness (QED) is 0.301. The molecule has 0 saturated carbocycles. The summed E-state index contributed by atoms with van der Waals surface area (Å²) in [6.07, 6.45) is 0. The van der Waals surface area contributed by atoms with Crippen LogP contribution in [-0.2, 0) is 0 Å². The van der Waals surface area contributed by atoms with Crippen molar-refractivity contribution in [3.05, 3.63) is 92.4 Å². The normalized spacial score (nSPS) is 13.7. The second-order valence-corrected chi connectivity index (χ2v) is 8.52. The molecule has 0 spiro atoms. The van der Waals surface area contributed by atoms with Gasteiger partial charge in [0.1, 0.15) is 0 Å². The molecule has 5 rings (SSSR count). The largest absolute Gasteiger partial charge is 0.368 e. The van der Waals surface area contributed by atoms with E-state index in [0.717, 1.165) is 24.5 Å². The first-order chi connectivity index (χ1) is 16.9. The van der Waals surface area contributed by atoms with Crippen LogP contribution in [0.4, 0.5) is 22.7 Å². The number of aromatic nitrogens is 2. The highest BCUT2D eigenvalue weighted by Gasteiger charge is 2.22. The fourth-order valence-electron chi connectivity index (χ4n) is 4.42. The van der Waals surface area contributed by atoms with E-state index in [1.54, 1.807) is 25.1 Å². The maximum absolute atomic E-state index is 13.1. The number of fused-ring (bicyclic) bond motifs is 1. The standard InChI is InChI=1S/C25H24N6O4/c1-16-7-8-17(13-22(16)31(34)35)24(32)26-21-14-19-20(28-25(33)27-19)15-23(21)30-11-9-29(10-12-30)18-5-3-2-4-6-18/h2-8,13-15H,9-12H2,1H3,(H,26,32)(H2,27,28,33). The molecule has 10 heteroatoms. The maximum Gasteiger partial charge on any atom is 0.323 e. The van der Waals surface area contributed by atoms with Gasteiger partial charge in [0.15, 0.2) is 0 Å². The van der Waals surface area contributed by atoms with Crippen molar-refractivity contribution < 1.29 is 9.72 Å². The number of amides is 1. The molecule has 0 radical (unpaired) electrons. The van der Waals surface area contributed by atoms with E-state index < -0.39 is 10.8 Å². The number of carbonyl (C=O) groups excluding carboxylic acids is 1. The molecule has 1 fully saturated rings. The highest BCUT2D eigenvalue weighted by atomic mass is 16.6. The fraction of sp³-hybridized carbons (Fsp3) is 0.200. The van der Waals surface area contributed by atoms with Gasteiger partial charge in [0.05, 0.1) is 27.3 Å². The number of H-pyrrole nitrogens is 2. The van der Waals surface area contributed by atoms with Crippen LogP contribution in [0, 0.1) is 17.0 Å². The van der Waals surface area contributed by atoms with E-state index in [1.165, 1.54) is 6.07 Å². The minimum absolute atomic E-state index is 0.111. The van der Waals surface area contributed by atoms with Crippen LogP contribution in [0.5, 0.6) is 0 Å². The zero-order chi connectivity index (χ0) is 24.5. The van der Waals surface area contributed by atoms with Crippen molar-refractivity contribution >= 4 is 39.7 Å². The molecule has 35 heavy (non-hydrogen) atoms. The molecular formula is C25H24N6O4. The lowest BCUT2D eigenvalue weighted by Crippen LogP contribution is -2.46. The number of carbonyl (C=O) groups is 1. The SMILES string of the molecule is Cc1ccc(C(=O)Nc2cc3[nH]c(=O)[nH]c3cc2N2CCN(c3ccccc3)CC2)cc1[N+](=O)[O-]. The van der Waals surface area contributed by atoms with Crippen LogP contribution in [-0.4, -0.2) is 47.0 Å². The summed E-state index contributed by atoms with van der Waals surface area (Å²) >= 11 is 0. The van der Waals surface area contributed by atoms with Gasteiger partial charge in [-0.15, -0.1) is 0 Å². The molecule has 1 aliphatic rings. The van der Waals surface area contributed by atoms with Crippen LogP contribution >= 0.6 is 0 Å². The van der Waals surface area contributed by atoms with Crippen molar-refractivity contribution in [1.82, 2.24) is 9.97 Å². The molecule has 0 aliphatic carbocycles. The van der Waals surface area contributed by atoms with E-state index in [9.17, 15) is 19.7 Å². The minimum Gasteiger partial charge on any atom is -0.368 e. The Morgan fingerprint density at radius 1 is 0.943 bits per heavy atom. The number of nitrogens with zero attached hydrogens (tertiary/aromatic N) is 3. The molecule has 0 atom stereocenters. The first-order valence-electron chi connectivity index (χ1n) is 11.3. The van der Waals surface area contributed by atoms with Gasteiger partial charge in [-0.05, 0) is 37.3 Å². The Morgan fingerprint density at radius 2 is 1.60 bits per heavy atom. The molecule has 0 bridgehead atoms. The number of benzene rings is 3. The first-order valence-corrected chi connectivity index (χ1v) is 11.3. The number of nitro benzene ring substituents is 1. The van der Waals surface area contributed by atoms with Gasteiger partial charge >= 0.3 is 5.69 Å². The maximum atomic E-state index is 13.1. The second kappa shape index (κ2) is 8.98. The van der Waals surface area contributed by atoms with Crippen LogP contribution < -0.4 is 20.8 Å². The third-order valence-corrected chi connectivity index (χ3v) is 6.29. The number of aromatic amines is 2. The molecule has 1 aliphatic heterocycles. The number of imidazole rings is 1. The number of piperazine rings is 1. The summed E-state index contributed by atoms with van der Waals surface area (Å²) < 4.78 is 0. The van der Waals surface area contributed by atoms with Gasteiger partial charge < -0.3 is 25.1 Å². The van der Waals surface area contributed by atoms with E-state index in [-0.39, 0.29) is 16.9 Å². The number of aryl methyl sites for hydroxylation is 1. The molecule has 1 aromatic heterocycles. The van der Waals surface area contributed by atoms with E-state index in [1.807, 2.05) is 24.3 Å². The molecule has 2 heterocycles. The summed E-state index contributed by atoms with van der Waals surface area (Å²) in [6, 6.07) is 18.1. The zero-order valence-corrected chi connectivity index (χ0v) is 19.1. The molecule has 4 aromatic rings. The van der Waals surface area contributed by atoms with Crippen LogP contribution in [0.25, 0.3) is 11.0 Å². The summed E-state index contributed by atoms with van der Waals surface area (Å²) in [4.78, 5) is 45.7. The van der Waals surface area contributed by atoms with Crippen molar-refractivity contribution in [2.75, 3.05) is 41.3 Å². The van der Waals surface area contributed by atoms with Crippen LogP contribution in [0.1, 0.15) is 15.9 Å². The number of rotatable bonds is 5. The average molecular weight is 473 g/mol. The Labute approximate surface area is 200 Å². The summed E-state index contributed by atoms with van der Waals surface area (Å²) in [5.41, 5.74) is 3.88. The van der Waals surface area contributed by atoms with E-state index in [0.29, 0.717) is 35.4 Å². The first kappa shape index (κ1) is 22.2. The number of anilines is 3. The predicted octanol–water partition coefficient (Wildman–Crippen LogP) is 3.65. The Hall–Kier alpha value is -4.60. The number of nitro groups is 1. The summed E-state index contributed by atoms with van der Waals surface area (Å²) in [5, 5.41) is 14.2. The van der Waals surface area contributed by atoms with E-state index in [2.05, 4.69) is 37.2 Å². The summed E-state index contributed by atoms with van der Waals surface area (Å²) in [7, 11) is 0. The lowest BCUT2D eigenvalue weighted by Gasteiger charge is -2.38. The van der Waals surface area contributed by atoms with Crippen LogP contribution in [0.3, 0.4) is 0 Å². The Balaban J connectivity index is 1.44. The minimum atomic E-state index is -0.500. The summed E-state index contributed by atoms with van der Waals surface area (Å²) in [6.45, 7) is 4.65. The Bertz CT molecular complexity index is 1470. The van der Waals surface area contributed by atoms with Crippen LogP contribution in [0.2, 0.25) is 0 Å². The summed E-state index contributed by atoms with van der Waals surface area (Å²) in [5.74, 6) is -0.463. The van der Waals surface area contributed by atoms with Gasteiger partial charge in [-0.25, -0.2) is 4.79 Å². The number of hydrogen-bond donors (Lipinski definition) is 3. The molecular weight excluding hydrogens is 448 g/mol. The average Bonchev–Trinajstić information content (AvgIpc) is 3.23. The molecule has 1 saturated heterocycles. The number of para-hydroxylation sites is 1. The predicted molar refractivity (Wildman–Crippen MR) is 136 cm³/mol.